The molecule has 0 aliphatic rings. The van der Waals surface area contributed by atoms with Gasteiger partial charge in [0, 0.05) is 51.0 Å². The third-order valence-electron chi connectivity index (χ3n) is 7.35. The van der Waals surface area contributed by atoms with Crippen LogP contribution < -0.4 is 21.7 Å². The molecule has 6 N–H and O–H groups in total. The van der Waals surface area contributed by atoms with Crippen LogP contribution in [0.4, 0.5) is 5.69 Å². The topological polar surface area (TPSA) is 125 Å². The van der Waals surface area contributed by atoms with Gasteiger partial charge in [0.2, 0.25) is 5.91 Å². The van der Waals surface area contributed by atoms with Crippen LogP contribution in [0.5, 0.6) is 5.75 Å². The maximum Gasteiger partial charge on any atom is 0.251 e. The summed E-state index contributed by atoms with van der Waals surface area (Å²) >= 11 is 0. The molecule has 0 saturated carbocycles. The number of hydrogen-bond donors (Lipinski definition) is 4. The summed E-state index contributed by atoms with van der Waals surface area (Å²) in [6, 6.07) is 31.6. The third kappa shape index (κ3) is 8.91. The molecule has 0 spiro atoms. The number of nitrogens with one attached hydrogen (secondary N) is 1. The Kier molecular flexibility index (Phi) is 11.3. The molecule has 0 unspecified atom stereocenters. The average molecular weight is 580 g/mol. The molecule has 4 rings (SSSR count). The molecule has 0 fully saturated rings. The molecule has 4 aromatic carbocycles. The van der Waals surface area contributed by atoms with Gasteiger partial charge in [-0.3, -0.25) is 9.59 Å². The first-order chi connectivity index (χ1) is 20.9. The van der Waals surface area contributed by atoms with Crippen molar-refractivity contribution in [3.8, 4) is 16.9 Å². The van der Waals surface area contributed by atoms with Crippen LogP contribution >= 0.6 is 0 Å². The number of rotatable bonds is 14. The van der Waals surface area contributed by atoms with Crippen LogP contribution in [0, 0.1) is 0 Å². The van der Waals surface area contributed by atoms with Gasteiger partial charge in [0.1, 0.15) is 5.75 Å². The Hall–Kier alpha value is -4.66. The van der Waals surface area contributed by atoms with Crippen molar-refractivity contribution in [2.45, 2.75) is 25.4 Å². The predicted molar refractivity (Wildman–Crippen MR) is 173 cm³/mol. The highest BCUT2D eigenvalue weighted by Gasteiger charge is 2.22. The molecule has 43 heavy (non-hydrogen) atoms. The summed E-state index contributed by atoms with van der Waals surface area (Å²) in [5.74, 6) is -0.139. The minimum Gasteiger partial charge on any atom is -0.508 e. The fraction of sp³-hybridized carbons (Fsp3) is 0.257. The summed E-state index contributed by atoms with van der Waals surface area (Å²) in [5.41, 5.74) is 17.2. The Bertz CT molecular complexity index is 1480. The van der Waals surface area contributed by atoms with Gasteiger partial charge in [-0.1, -0.05) is 66.7 Å². The number of carbonyl (C=O) groups is 2. The van der Waals surface area contributed by atoms with E-state index in [-0.39, 0.29) is 17.6 Å². The van der Waals surface area contributed by atoms with Gasteiger partial charge < -0.3 is 31.7 Å². The summed E-state index contributed by atoms with van der Waals surface area (Å²) in [7, 11) is 2.04. The highest BCUT2D eigenvalue weighted by molar-refractivity contribution is 6.00. The van der Waals surface area contributed by atoms with E-state index in [1.807, 2.05) is 72.6 Å². The molecule has 0 aliphatic carbocycles. The van der Waals surface area contributed by atoms with Crippen LogP contribution in [-0.4, -0.2) is 61.1 Å². The molecule has 0 saturated heterocycles. The number of nitrogens with zero attached hydrogens (tertiary/aromatic N) is 2. The van der Waals surface area contributed by atoms with Gasteiger partial charge in [-0.25, -0.2) is 0 Å². The third-order valence-corrected chi connectivity index (χ3v) is 7.35. The lowest BCUT2D eigenvalue weighted by molar-refractivity contribution is -0.133. The van der Waals surface area contributed by atoms with Crippen molar-refractivity contribution < 1.29 is 14.7 Å². The van der Waals surface area contributed by atoms with Crippen LogP contribution in [0.1, 0.15) is 27.9 Å². The SMILES string of the molecule is CN(CCCN(Cc1cccc(-c2ccccc2C(=O)NCCN)c1)C(=O)[C@@H](N)Cc1ccc(O)cc1)c1ccccc1. The minimum absolute atomic E-state index is 0.137. The summed E-state index contributed by atoms with van der Waals surface area (Å²) in [6.45, 7) is 2.44. The summed E-state index contributed by atoms with van der Waals surface area (Å²) < 4.78 is 0. The molecular formula is C35H41N5O3. The van der Waals surface area contributed by atoms with E-state index in [1.165, 1.54) is 0 Å². The van der Waals surface area contributed by atoms with Crippen LogP contribution in [0.25, 0.3) is 11.1 Å². The first kappa shape index (κ1) is 31.3. The van der Waals surface area contributed by atoms with Gasteiger partial charge in [-0.05, 0) is 71.5 Å². The molecule has 8 heteroatoms. The van der Waals surface area contributed by atoms with Gasteiger partial charge >= 0.3 is 0 Å². The van der Waals surface area contributed by atoms with E-state index in [1.54, 1.807) is 30.3 Å². The maximum absolute atomic E-state index is 13.7. The van der Waals surface area contributed by atoms with Crippen molar-refractivity contribution in [3.05, 3.63) is 120 Å². The highest BCUT2D eigenvalue weighted by Crippen LogP contribution is 2.25. The molecule has 0 bridgehead atoms. The van der Waals surface area contributed by atoms with E-state index >= 15 is 0 Å². The lowest BCUT2D eigenvalue weighted by Gasteiger charge is -2.28. The number of amides is 2. The largest absolute Gasteiger partial charge is 0.508 e. The number of benzene rings is 4. The van der Waals surface area contributed by atoms with Crippen molar-refractivity contribution in [2.24, 2.45) is 11.5 Å². The van der Waals surface area contributed by atoms with E-state index in [0.717, 1.165) is 40.9 Å². The number of nitrogens with two attached hydrogens (primary N) is 2. The second kappa shape index (κ2) is 15.5. The van der Waals surface area contributed by atoms with E-state index in [4.69, 9.17) is 11.5 Å². The molecule has 8 nitrogen and oxygen atoms in total. The molecule has 0 radical (unpaired) electrons. The number of para-hydroxylation sites is 1. The zero-order chi connectivity index (χ0) is 30.6. The van der Waals surface area contributed by atoms with E-state index in [2.05, 4.69) is 22.3 Å². The highest BCUT2D eigenvalue weighted by atomic mass is 16.3. The van der Waals surface area contributed by atoms with Gasteiger partial charge in [0.25, 0.3) is 5.91 Å². The minimum atomic E-state index is -0.730. The first-order valence-corrected chi connectivity index (χ1v) is 14.6. The lowest BCUT2D eigenvalue weighted by atomic mass is 9.97. The summed E-state index contributed by atoms with van der Waals surface area (Å²) in [4.78, 5) is 30.6. The lowest BCUT2D eigenvalue weighted by Crippen LogP contribution is -2.45. The number of anilines is 1. The Morgan fingerprint density at radius 1 is 0.860 bits per heavy atom. The summed E-state index contributed by atoms with van der Waals surface area (Å²) in [6.07, 6.45) is 1.12. The van der Waals surface area contributed by atoms with Crippen molar-refractivity contribution >= 4 is 17.5 Å². The van der Waals surface area contributed by atoms with Gasteiger partial charge in [-0.2, -0.15) is 0 Å². The fourth-order valence-corrected chi connectivity index (χ4v) is 5.06. The predicted octanol–water partition coefficient (Wildman–Crippen LogP) is 4.17. The van der Waals surface area contributed by atoms with Gasteiger partial charge in [-0.15, -0.1) is 0 Å². The molecule has 224 valence electrons. The smallest absolute Gasteiger partial charge is 0.251 e. The van der Waals surface area contributed by atoms with E-state index in [0.29, 0.717) is 38.2 Å². The Balaban J connectivity index is 1.53. The number of hydrogen-bond acceptors (Lipinski definition) is 6. The zero-order valence-corrected chi connectivity index (χ0v) is 24.7. The van der Waals surface area contributed by atoms with Crippen LogP contribution in [-0.2, 0) is 17.8 Å². The molecule has 4 aromatic rings. The van der Waals surface area contributed by atoms with Crippen molar-refractivity contribution in [1.29, 1.82) is 0 Å². The zero-order valence-electron chi connectivity index (χ0n) is 24.7. The van der Waals surface area contributed by atoms with Gasteiger partial charge in [0.15, 0.2) is 0 Å². The normalized spacial score (nSPS) is 11.5. The molecule has 0 aromatic heterocycles. The van der Waals surface area contributed by atoms with Crippen molar-refractivity contribution in [3.63, 3.8) is 0 Å². The standard InChI is InChI=1S/C35H41N5O3/c1-39(29-11-3-2-4-12-29)21-8-22-40(35(43)33(37)24-26-15-17-30(41)18-16-26)25-27-9-7-10-28(23-27)31-13-5-6-14-32(31)34(42)38-20-19-36/h2-7,9-18,23,33,41H,8,19-22,24-25,36-37H2,1H3,(H,38,42)/t33-/m0/s1. The Morgan fingerprint density at radius 2 is 1.58 bits per heavy atom. The van der Waals surface area contributed by atoms with E-state index in [9.17, 15) is 14.7 Å². The van der Waals surface area contributed by atoms with Crippen molar-refractivity contribution in [1.82, 2.24) is 10.2 Å². The molecule has 0 heterocycles. The first-order valence-electron chi connectivity index (χ1n) is 14.6. The molecule has 0 aliphatic heterocycles. The van der Waals surface area contributed by atoms with Crippen LogP contribution in [0.3, 0.4) is 0 Å². The Labute approximate surface area is 253 Å². The number of phenols is 1. The monoisotopic (exact) mass is 579 g/mol. The second-order valence-corrected chi connectivity index (χ2v) is 10.6. The fourth-order valence-electron chi connectivity index (χ4n) is 5.06. The average Bonchev–Trinajstić information content (AvgIpc) is 3.04. The molecule has 2 amide bonds. The van der Waals surface area contributed by atoms with Crippen molar-refractivity contribution in [2.75, 3.05) is 38.1 Å². The van der Waals surface area contributed by atoms with E-state index < -0.39 is 6.04 Å². The number of aromatic hydroxyl groups is 1. The number of phenolic OH excluding ortho intramolecular Hbond substituents is 1. The number of carbonyl (C=O) groups excluding carboxylic acids is 2. The summed E-state index contributed by atoms with van der Waals surface area (Å²) in [5, 5.41) is 12.5. The van der Waals surface area contributed by atoms with Gasteiger partial charge in [0.05, 0.1) is 6.04 Å². The maximum atomic E-state index is 13.7. The second-order valence-electron chi connectivity index (χ2n) is 10.6. The quantitative estimate of drug-likeness (QED) is 0.178. The molecule has 1 atom stereocenters. The Morgan fingerprint density at radius 3 is 2.33 bits per heavy atom. The molecular weight excluding hydrogens is 538 g/mol. The van der Waals surface area contributed by atoms with Crippen LogP contribution in [0.15, 0.2) is 103 Å². The van der Waals surface area contributed by atoms with Crippen LogP contribution in [0.2, 0.25) is 0 Å².